The molecule has 0 aliphatic carbocycles. The minimum atomic E-state index is -2.30. The molecule has 1 aromatic heterocycles. The molecule has 1 fully saturated rings. The number of ether oxygens (including phenoxy) is 1. The van der Waals surface area contributed by atoms with Gasteiger partial charge >= 0.3 is 0 Å². The summed E-state index contributed by atoms with van der Waals surface area (Å²) in [6, 6.07) is 7.54. The lowest BCUT2D eigenvalue weighted by atomic mass is 10.3. The van der Waals surface area contributed by atoms with Crippen LogP contribution in [0.1, 0.15) is 67.2 Å². The Balaban J connectivity index is 2.82. The van der Waals surface area contributed by atoms with E-state index in [0.29, 0.717) is 24.2 Å². The van der Waals surface area contributed by atoms with E-state index < -0.39 is 14.4 Å². The van der Waals surface area contributed by atoms with E-state index >= 15 is 0 Å². The molecule has 1 aliphatic rings. The summed E-state index contributed by atoms with van der Waals surface area (Å²) >= 11 is 6.92. The van der Waals surface area contributed by atoms with Gasteiger partial charge in [-0.25, -0.2) is 0 Å². The quantitative estimate of drug-likeness (QED) is 0.249. The van der Waals surface area contributed by atoms with Crippen LogP contribution in [-0.4, -0.2) is 51.5 Å². The Morgan fingerprint density at radius 1 is 0.931 bits per heavy atom. The number of nitrogens with zero attached hydrogens (tertiary/aromatic N) is 3. The van der Waals surface area contributed by atoms with Crippen LogP contribution >= 0.6 is 6.34 Å². The molecule has 0 unspecified atom stereocenters. The van der Waals surface area contributed by atoms with Crippen LogP contribution in [0.5, 0.6) is 0 Å². The summed E-state index contributed by atoms with van der Waals surface area (Å²) in [6.07, 6.45) is -0.437. The zero-order chi connectivity index (χ0) is 22.4. The molecule has 0 aromatic carbocycles. The van der Waals surface area contributed by atoms with E-state index in [1.54, 1.807) is 0 Å². The van der Waals surface area contributed by atoms with Gasteiger partial charge in [-0.05, 0) is 67.5 Å². The van der Waals surface area contributed by atoms with Gasteiger partial charge in [0.15, 0.2) is 0 Å². The fourth-order valence-corrected chi connectivity index (χ4v) is 19.9. The third-order valence-corrected chi connectivity index (χ3v) is 18.0. The number of pyridine rings is 1. The summed E-state index contributed by atoms with van der Waals surface area (Å²) in [5, 5.41) is 0. The van der Waals surface area contributed by atoms with E-state index in [1.807, 2.05) is 12.3 Å². The number of rotatable bonds is 9. The van der Waals surface area contributed by atoms with Gasteiger partial charge in [-0.15, -0.1) is 0 Å². The maximum absolute atomic E-state index is 6.92. The Labute approximate surface area is 185 Å². The lowest BCUT2D eigenvalue weighted by Crippen LogP contribution is -2.55. The summed E-state index contributed by atoms with van der Waals surface area (Å²) < 4.78 is 12.1. The second-order valence-electron chi connectivity index (χ2n) is 10.4. The summed E-state index contributed by atoms with van der Waals surface area (Å²) in [5.41, 5.74) is 1.03. The van der Waals surface area contributed by atoms with Gasteiger partial charge in [0, 0.05) is 30.4 Å². The third-order valence-electron chi connectivity index (χ3n) is 5.80. The Bertz CT molecular complexity index is 695. The molecule has 2 atom stereocenters. The Hall–Kier alpha value is -0.103. The standard InChI is InChI=1S/C22H42N3OPSSi/c1-16(2)24(17(3)4)27(28,25(18(5)6)19(7)8)22(29(9,10)11)21(26-22)20-14-12-13-15-23-20/h12-19,21H,1-11H3/t21-,22+/m0/s1. The molecular weight excluding hydrogens is 413 g/mol. The lowest BCUT2D eigenvalue weighted by molar-refractivity contribution is 0.241. The van der Waals surface area contributed by atoms with E-state index in [9.17, 15) is 0 Å². The Morgan fingerprint density at radius 3 is 1.69 bits per heavy atom. The van der Waals surface area contributed by atoms with Crippen molar-refractivity contribution < 1.29 is 4.74 Å². The predicted molar refractivity (Wildman–Crippen MR) is 133 cm³/mol. The zero-order valence-corrected chi connectivity index (χ0v) is 23.0. The topological polar surface area (TPSA) is 31.9 Å². The van der Waals surface area contributed by atoms with Crippen molar-refractivity contribution in [2.45, 2.75) is 110 Å². The molecule has 29 heavy (non-hydrogen) atoms. The van der Waals surface area contributed by atoms with Crippen molar-refractivity contribution in [3.8, 4) is 0 Å². The van der Waals surface area contributed by atoms with Crippen LogP contribution in [0, 0.1) is 0 Å². The normalized spacial score (nSPS) is 23.3. The molecule has 1 aromatic rings. The van der Waals surface area contributed by atoms with E-state index in [1.165, 1.54) is 0 Å². The SMILES string of the molecule is CC(C)N(C(C)C)P(=S)(N(C(C)C)C(C)C)[C@]1([Si](C)(C)C)O[C@H]1c1ccccn1. The van der Waals surface area contributed by atoms with Gasteiger partial charge < -0.3 is 4.74 Å². The van der Waals surface area contributed by atoms with Crippen molar-refractivity contribution in [3.63, 3.8) is 0 Å². The largest absolute Gasteiger partial charge is 0.355 e. The maximum atomic E-state index is 6.92. The van der Waals surface area contributed by atoms with Crippen molar-refractivity contribution in [1.82, 2.24) is 14.3 Å². The van der Waals surface area contributed by atoms with Gasteiger partial charge in [-0.2, -0.15) is 0 Å². The molecule has 1 aliphatic heterocycles. The minimum absolute atomic E-state index is 0.0128. The van der Waals surface area contributed by atoms with Crippen LogP contribution in [0.2, 0.25) is 19.6 Å². The molecule has 0 N–H and O–H groups in total. The number of hydrogen-bond donors (Lipinski definition) is 0. The van der Waals surface area contributed by atoms with Crippen molar-refractivity contribution in [1.29, 1.82) is 0 Å². The van der Waals surface area contributed by atoms with E-state index in [2.05, 4.69) is 96.5 Å². The molecule has 0 spiro atoms. The van der Waals surface area contributed by atoms with Crippen LogP contribution in [0.15, 0.2) is 24.4 Å². The van der Waals surface area contributed by atoms with Gasteiger partial charge in [-0.3, -0.25) is 14.3 Å². The molecule has 166 valence electrons. The van der Waals surface area contributed by atoms with Crippen LogP contribution in [0.3, 0.4) is 0 Å². The minimum Gasteiger partial charge on any atom is -0.355 e. The lowest BCUT2D eigenvalue weighted by Gasteiger charge is -2.55. The molecule has 4 nitrogen and oxygen atoms in total. The summed E-state index contributed by atoms with van der Waals surface area (Å²) in [7, 11) is -1.86. The van der Waals surface area contributed by atoms with Crippen LogP contribution in [-0.2, 0) is 16.5 Å². The highest BCUT2D eigenvalue weighted by molar-refractivity contribution is 8.14. The van der Waals surface area contributed by atoms with Gasteiger partial charge in [0.2, 0.25) is 0 Å². The summed E-state index contributed by atoms with van der Waals surface area (Å²) in [6.45, 7) is 25.6. The first-order chi connectivity index (χ1) is 13.2. The molecule has 0 saturated carbocycles. The second kappa shape index (κ2) is 8.80. The summed E-state index contributed by atoms with van der Waals surface area (Å²) in [5.74, 6) is 0. The molecule has 0 bridgehead atoms. The number of epoxide rings is 1. The maximum Gasteiger partial charge on any atom is 0.141 e. The van der Waals surface area contributed by atoms with Crippen molar-refractivity contribution in [2.24, 2.45) is 0 Å². The number of hydrogen-bond acceptors (Lipinski definition) is 3. The van der Waals surface area contributed by atoms with Crippen LogP contribution in [0.25, 0.3) is 0 Å². The molecule has 2 rings (SSSR count). The fraction of sp³-hybridized carbons (Fsp3) is 0.773. The van der Waals surface area contributed by atoms with Crippen molar-refractivity contribution in [2.75, 3.05) is 0 Å². The van der Waals surface area contributed by atoms with Crippen molar-refractivity contribution >= 4 is 26.2 Å². The first-order valence-electron chi connectivity index (χ1n) is 11.0. The smallest absolute Gasteiger partial charge is 0.141 e. The number of aromatic nitrogens is 1. The molecule has 0 amide bonds. The predicted octanol–water partition coefficient (Wildman–Crippen LogP) is 6.27. The van der Waals surface area contributed by atoms with Crippen LogP contribution in [0.4, 0.5) is 0 Å². The van der Waals surface area contributed by atoms with Gasteiger partial charge in [0.1, 0.15) is 17.4 Å². The van der Waals surface area contributed by atoms with E-state index in [4.69, 9.17) is 21.5 Å². The fourth-order valence-electron chi connectivity index (χ4n) is 5.07. The highest BCUT2D eigenvalue weighted by Gasteiger charge is 2.75. The zero-order valence-electron chi connectivity index (χ0n) is 20.3. The van der Waals surface area contributed by atoms with E-state index in [0.717, 1.165) is 5.69 Å². The molecule has 1 saturated heterocycles. The molecule has 7 heteroatoms. The van der Waals surface area contributed by atoms with E-state index in [-0.39, 0.29) is 11.1 Å². The van der Waals surface area contributed by atoms with Crippen molar-refractivity contribution in [3.05, 3.63) is 30.1 Å². The van der Waals surface area contributed by atoms with Gasteiger partial charge in [-0.1, -0.05) is 37.5 Å². The van der Waals surface area contributed by atoms with Gasteiger partial charge in [0.25, 0.3) is 0 Å². The molecule has 0 radical (unpaired) electrons. The highest BCUT2D eigenvalue weighted by atomic mass is 32.4. The molecule has 2 heterocycles. The average molecular weight is 456 g/mol. The summed E-state index contributed by atoms with van der Waals surface area (Å²) in [4.78, 5) is 4.38. The van der Waals surface area contributed by atoms with Crippen LogP contribution < -0.4 is 0 Å². The monoisotopic (exact) mass is 455 g/mol. The second-order valence-corrected chi connectivity index (χ2v) is 20.2. The van der Waals surface area contributed by atoms with Gasteiger partial charge in [0.05, 0.1) is 13.8 Å². The Morgan fingerprint density at radius 2 is 1.38 bits per heavy atom. The first-order valence-corrected chi connectivity index (χ1v) is 17.2. The average Bonchev–Trinajstić information content (AvgIpc) is 3.31. The Kier molecular flexibility index (Phi) is 7.63. The highest BCUT2D eigenvalue weighted by Crippen LogP contribution is 2.80. The molecular formula is C22H42N3OPSSi. The first kappa shape index (κ1) is 25.2. The third kappa shape index (κ3) is 4.18.